The van der Waals surface area contributed by atoms with E-state index >= 15 is 0 Å². The van der Waals surface area contributed by atoms with Crippen LogP contribution in [0.5, 0.6) is 0 Å². The van der Waals surface area contributed by atoms with Gasteiger partial charge < -0.3 is 10.2 Å². The molecular formula is C14H16Cl2N2O. The number of hydrogen-bond acceptors (Lipinski definition) is 2. The predicted octanol–water partition coefficient (Wildman–Crippen LogP) is 2.82. The van der Waals surface area contributed by atoms with Gasteiger partial charge in [-0.05, 0) is 37.6 Å². The standard InChI is InChI=1S/C14H16Cl2N2O/c15-10-1-2-11(12(16)7-10)13(19)18-6-4-14(9-18)3-5-17-8-14/h1-2,7,17H,3-6,8-9H2. The van der Waals surface area contributed by atoms with Crippen molar-refractivity contribution in [1.29, 1.82) is 0 Å². The lowest BCUT2D eigenvalue weighted by atomic mass is 9.86. The zero-order valence-electron chi connectivity index (χ0n) is 10.6. The summed E-state index contributed by atoms with van der Waals surface area (Å²) in [6, 6.07) is 5.05. The quantitative estimate of drug-likeness (QED) is 0.865. The van der Waals surface area contributed by atoms with Crippen molar-refractivity contribution in [3.8, 4) is 0 Å². The molecule has 19 heavy (non-hydrogen) atoms. The molecule has 3 rings (SSSR count). The first-order valence-electron chi connectivity index (χ1n) is 6.55. The number of likely N-dealkylation sites (tertiary alicyclic amines) is 1. The number of nitrogens with zero attached hydrogens (tertiary/aromatic N) is 1. The van der Waals surface area contributed by atoms with Gasteiger partial charge >= 0.3 is 0 Å². The lowest BCUT2D eigenvalue weighted by molar-refractivity contribution is 0.0776. The molecule has 1 atom stereocenters. The van der Waals surface area contributed by atoms with Crippen molar-refractivity contribution in [2.45, 2.75) is 12.8 Å². The van der Waals surface area contributed by atoms with Crippen molar-refractivity contribution in [3.63, 3.8) is 0 Å². The number of carbonyl (C=O) groups excluding carboxylic acids is 1. The summed E-state index contributed by atoms with van der Waals surface area (Å²) < 4.78 is 0. The number of benzene rings is 1. The van der Waals surface area contributed by atoms with Gasteiger partial charge in [-0.1, -0.05) is 23.2 Å². The first-order valence-corrected chi connectivity index (χ1v) is 7.30. The molecule has 2 heterocycles. The molecule has 3 nitrogen and oxygen atoms in total. The molecule has 102 valence electrons. The van der Waals surface area contributed by atoms with Gasteiger partial charge in [0, 0.05) is 30.1 Å². The summed E-state index contributed by atoms with van der Waals surface area (Å²) in [5.41, 5.74) is 0.836. The lowest BCUT2D eigenvalue weighted by Gasteiger charge is -2.23. The Morgan fingerprint density at radius 1 is 1.32 bits per heavy atom. The fraction of sp³-hybridized carbons (Fsp3) is 0.500. The number of hydrogen-bond donors (Lipinski definition) is 1. The minimum atomic E-state index is 0.0189. The smallest absolute Gasteiger partial charge is 0.255 e. The molecule has 0 aromatic heterocycles. The predicted molar refractivity (Wildman–Crippen MR) is 76.9 cm³/mol. The molecule has 0 radical (unpaired) electrons. The Hall–Kier alpha value is -0.770. The number of amides is 1. The molecule has 0 aliphatic carbocycles. The van der Waals surface area contributed by atoms with Crippen LogP contribution in [0.15, 0.2) is 18.2 Å². The first kappa shape index (κ1) is 13.2. The SMILES string of the molecule is O=C(c1ccc(Cl)cc1Cl)N1CCC2(CCNC2)C1. The molecule has 0 saturated carbocycles. The minimum absolute atomic E-state index is 0.0189. The van der Waals surface area contributed by atoms with Crippen LogP contribution < -0.4 is 5.32 Å². The van der Waals surface area contributed by atoms with Crippen LogP contribution in [-0.4, -0.2) is 37.0 Å². The molecule has 2 aliphatic heterocycles. The average Bonchev–Trinajstić information content (AvgIpc) is 3.00. The summed E-state index contributed by atoms with van der Waals surface area (Å²) in [4.78, 5) is 14.4. The van der Waals surface area contributed by atoms with Crippen molar-refractivity contribution in [2.75, 3.05) is 26.2 Å². The molecule has 1 N–H and O–H groups in total. The van der Waals surface area contributed by atoms with E-state index in [1.807, 2.05) is 4.90 Å². The summed E-state index contributed by atoms with van der Waals surface area (Å²) in [5, 5.41) is 4.38. The van der Waals surface area contributed by atoms with Gasteiger partial charge in [0.1, 0.15) is 0 Å². The van der Waals surface area contributed by atoms with E-state index in [4.69, 9.17) is 23.2 Å². The molecule has 1 aromatic rings. The molecule has 1 spiro atoms. The third kappa shape index (κ3) is 2.47. The Balaban J connectivity index is 1.78. The zero-order valence-corrected chi connectivity index (χ0v) is 12.1. The van der Waals surface area contributed by atoms with Crippen molar-refractivity contribution in [2.24, 2.45) is 5.41 Å². The minimum Gasteiger partial charge on any atom is -0.338 e. The summed E-state index contributed by atoms with van der Waals surface area (Å²) in [7, 11) is 0. The number of carbonyl (C=O) groups is 1. The Labute approximate surface area is 122 Å². The fourth-order valence-corrected chi connectivity index (χ4v) is 3.57. The van der Waals surface area contributed by atoms with E-state index < -0.39 is 0 Å². The normalized spacial score (nSPS) is 26.3. The van der Waals surface area contributed by atoms with Crippen LogP contribution in [0, 0.1) is 5.41 Å². The van der Waals surface area contributed by atoms with Crippen LogP contribution in [0.4, 0.5) is 0 Å². The van der Waals surface area contributed by atoms with Crippen molar-refractivity contribution in [1.82, 2.24) is 10.2 Å². The maximum Gasteiger partial charge on any atom is 0.255 e. The number of nitrogens with one attached hydrogen (secondary N) is 1. The maximum absolute atomic E-state index is 12.5. The first-order chi connectivity index (χ1) is 9.10. The molecule has 1 aromatic carbocycles. The van der Waals surface area contributed by atoms with E-state index in [0.717, 1.165) is 39.0 Å². The highest BCUT2D eigenvalue weighted by Crippen LogP contribution is 2.37. The van der Waals surface area contributed by atoms with Crippen LogP contribution in [0.25, 0.3) is 0 Å². The van der Waals surface area contributed by atoms with Gasteiger partial charge in [-0.25, -0.2) is 0 Å². The Morgan fingerprint density at radius 3 is 2.84 bits per heavy atom. The summed E-state index contributed by atoms with van der Waals surface area (Å²) >= 11 is 12.0. The molecule has 2 aliphatic rings. The zero-order chi connectivity index (χ0) is 13.5. The summed E-state index contributed by atoms with van der Waals surface area (Å²) in [5.74, 6) is 0.0189. The van der Waals surface area contributed by atoms with Gasteiger partial charge in [-0.2, -0.15) is 0 Å². The Bertz CT molecular complexity index is 512. The van der Waals surface area contributed by atoms with E-state index in [0.29, 0.717) is 15.6 Å². The van der Waals surface area contributed by atoms with Crippen LogP contribution in [0.2, 0.25) is 10.0 Å². The number of halogens is 2. The van der Waals surface area contributed by atoms with Gasteiger partial charge in [0.15, 0.2) is 0 Å². The third-order valence-electron chi connectivity index (χ3n) is 4.22. The monoisotopic (exact) mass is 298 g/mol. The highest BCUT2D eigenvalue weighted by molar-refractivity contribution is 6.36. The summed E-state index contributed by atoms with van der Waals surface area (Å²) in [6.45, 7) is 3.73. The molecule has 1 amide bonds. The molecule has 2 fully saturated rings. The third-order valence-corrected chi connectivity index (χ3v) is 4.77. The maximum atomic E-state index is 12.5. The fourth-order valence-electron chi connectivity index (χ4n) is 3.09. The van der Waals surface area contributed by atoms with Crippen LogP contribution in [-0.2, 0) is 0 Å². The second kappa shape index (κ2) is 4.97. The molecular weight excluding hydrogens is 283 g/mol. The Morgan fingerprint density at radius 2 is 2.16 bits per heavy atom. The van der Waals surface area contributed by atoms with E-state index in [2.05, 4.69) is 5.32 Å². The van der Waals surface area contributed by atoms with Crippen molar-refractivity contribution in [3.05, 3.63) is 33.8 Å². The second-order valence-corrected chi connectivity index (χ2v) is 6.37. The van der Waals surface area contributed by atoms with E-state index in [-0.39, 0.29) is 11.3 Å². The van der Waals surface area contributed by atoms with Crippen LogP contribution in [0.1, 0.15) is 23.2 Å². The summed E-state index contributed by atoms with van der Waals surface area (Å²) in [6.07, 6.45) is 2.24. The van der Waals surface area contributed by atoms with Gasteiger partial charge in [0.05, 0.1) is 10.6 Å². The highest BCUT2D eigenvalue weighted by Gasteiger charge is 2.42. The van der Waals surface area contributed by atoms with Crippen molar-refractivity contribution >= 4 is 29.1 Å². The van der Waals surface area contributed by atoms with Gasteiger partial charge in [0.25, 0.3) is 5.91 Å². The van der Waals surface area contributed by atoms with Gasteiger partial charge in [-0.3, -0.25) is 4.79 Å². The van der Waals surface area contributed by atoms with Gasteiger partial charge in [0.2, 0.25) is 0 Å². The van der Waals surface area contributed by atoms with Crippen LogP contribution in [0.3, 0.4) is 0 Å². The van der Waals surface area contributed by atoms with E-state index in [1.165, 1.54) is 0 Å². The molecule has 2 saturated heterocycles. The van der Waals surface area contributed by atoms with E-state index in [1.54, 1.807) is 18.2 Å². The lowest BCUT2D eigenvalue weighted by Crippen LogP contribution is -2.33. The molecule has 1 unspecified atom stereocenters. The molecule has 0 bridgehead atoms. The van der Waals surface area contributed by atoms with Crippen molar-refractivity contribution < 1.29 is 4.79 Å². The topological polar surface area (TPSA) is 32.3 Å². The molecule has 5 heteroatoms. The highest BCUT2D eigenvalue weighted by atomic mass is 35.5. The van der Waals surface area contributed by atoms with Gasteiger partial charge in [-0.15, -0.1) is 0 Å². The van der Waals surface area contributed by atoms with E-state index in [9.17, 15) is 4.79 Å². The van der Waals surface area contributed by atoms with Crippen LogP contribution >= 0.6 is 23.2 Å². The Kier molecular flexibility index (Phi) is 3.46. The number of rotatable bonds is 1. The largest absolute Gasteiger partial charge is 0.338 e. The second-order valence-electron chi connectivity index (χ2n) is 5.53. The average molecular weight is 299 g/mol.